The topological polar surface area (TPSA) is 59.2 Å². The molecule has 2 rings (SSSR count). The maximum atomic E-state index is 12.2. The monoisotopic (exact) mass is 255 g/mol. The van der Waals surface area contributed by atoms with Crippen molar-refractivity contribution in [3.63, 3.8) is 0 Å². The molecule has 0 aliphatic heterocycles. The van der Waals surface area contributed by atoms with E-state index in [-0.39, 0.29) is 5.91 Å². The molecule has 98 valence electrons. The van der Waals surface area contributed by atoms with Crippen molar-refractivity contribution in [3.05, 3.63) is 66.0 Å². The van der Waals surface area contributed by atoms with E-state index in [1.54, 1.807) is 24.3 Å². The van der Waals surface area contributed by atoms with Crippen LogP contribution in [0.25, 0.3) is 0 Å². The second-order valence-corrected chi connectivity index (χ2v) is 4.44. The number of benzene rings is 1. The van der Waals surface area contributed by atoms with Gasteiger partial charge < -0.3 is 10.6 Å². The molecule has 1 amide bonds. The molecule has 0 bridgehead atoms. The van der Waals surface area contributed by atoms with Crippen LogP contribution in [0.4, 0.5) is 0 Å². The zero-order chi connectivity index (χ0) is 13.7. The average molecular weight is 255 g/mol. The van der Waals surface area contributed by atoms with Crippen LogP contribution in [0.2, 0.25) is 0 Å². The van der Waals surface area contributed by atoms with Gasteiger partial charge in [0.05, 0.1) is 0 Å². The summed E-state index contributed by atoms with van der Waals surface area (Å²) in [4.78, 5) is 17.8. The Kier molecular flexibility index (Phi) is 4.26. The van der Waals surface area contributed by atoms with E-state index in [1.807, 2.05) is 42.5 Å². The fraction of sp³-hybridized carbons (Fsp3) is 0.200. The van der Waals surface area contributed by atoms with E-state index in [0.717, 1.165) is 11.1 Å². The molecule has 1 aromatic heterocycles. The number of hydrogen-bond acceptors (Lipinski definition) is 3. The van der Waals surface area contributed by atoms with Crippen molar-refractivity contribution in [3.8, 4) is 0 Å². The summed E-state index contributed by atoms with van der Waals surface area (Å²) in [5, 5.41) is 0. The van der Waals surface area contributed by atoms with Crippen molar-refractivity contribution in [1.29, 1.82) is 0 Å². The number of carbonyl (C=O) groups is 1. The molecule has 2 N–H and O–H groups in total. The average Bonchev–Trinajstić information content (AvgIpc) is 2.47. The lowest BCUT2D eigenvalue weighted by molar-refractivity contribution is -0.131. The maximum Gasteiger partial charge on any atom is 0.244 e. The Morgan fingerprint density at radius 1 is 1.21 bits per heavy atom. The third kappa shape index (κ3) is 3.39. The molecule has 1 heterocycles. The van der Waals surface area contributed by atoms with Crippen LogP contribution in [0, 0.1) is 0 Å². The summed E-state index contributed by atoms with van der Waals surface area (Å²) in [6.45, 7) is 0.530. The van der Waals surface area contributed by atoms with Crippen LogP contribution in [0.5, 0.6) is 0 Å². The highest BCUT2D eigenvalue weighted by molar-refractivity contribution is 5.82. The molecule has 0 radical (unpaired) electrons. The van der Waals surface area contributed by atoms with Gasteiger partial charge in [-0.1, -0.05) is 30.3 Å². The van der Waals surface area contributed by atoms with Gasteiger partial charge in [-0.3, -0.25) is 9.78 Å². The zero-order valence-electron chi connectivity index (χ0n) is 10.9. The summed E-state index contributed by atoms with van der Waals surface area (Å²) >= 11 is 0. The third-order valence-corrected chi connectivity index (χ3v) is 2.97. The van der Waals surface area contributed by atoms with Gasteiger partial charge in [0, 0.05) is 26.0 Å². The predicted octanol–water partition coefficient (Wildman–Crippen LogP) is 1.74. The zero-order valence-corrected chi connectivity index (χ0v) is 10.9. The molecular formula is C15H17N3O. The van der Waals surface area contributed by atoms with Crippen LogP contribution in [0.1, 0.15) is 17.2 Å². The van der Waals surface area contributed by atoms with Gasteiger partial charge in [0.1, 0.15) is 6.04 Å². The van der Waals surface area contributed by atoms with Crippen molar-refractivity contribution in [2.45, 2.75) is 12.6 Å². The summed E-state index contributed by atoms with van der Waals surface area (Å²) in [5.74, 6) is -0.0944. The van der Waals surface area contributed by atoms with Crippen LogP contribution < -0.4 is 5.73 Å². The molecule has 19 heavy (non-hydrogen) atoms. The first-order valence-corrected chi connectivity index (χ1v) is 6.13. The molecule has 0 unspecified atom stereocenters. The van der Waals surface area contributed by atoms with Crippen molar-refractivity contribution in [1.82, 2.24) is 9.88 Å². The Bertz CT molecular complexity index is 528. The lowest BCUT2D eigenvalue weighted by Crippen LogP contribution is -2.35. The van der Waals surface area contributed by atoms with Gasteiger partial charge in [-0.15, -0.1) is 0 Å². The van der Waals surface area contributed by atoms with Gasteiger partial charge in [-0.2, -0.15) is 0 Å². The Morgan fingerprint density at radius 2 is 1.84 bits per heavy atom. The fourth-order valence-corrected chi connectivity index (χ4v) is 1.88. The molecule has 0 saturated heterocycles. The SMILES string of the molecule is CN(Cc1ccncc1)C(=O)[C@H](N)c1ccccc1. The first-order valence-electron chi connectivity index (χ1n) is 6.13. The van der Waals surface area contributed by atoms with Crippen molar-refractivity contribution in [2.24, 2.45) is 5.73 Å². The molecule has 2 aromatic rings. The predicted molar refractivity (Wildman–Crippen MR) is 74.1 cm³/mol. The minimum Gasteiger partial charge on any atom is -0.340 e. The van der Waals surface area contributed by atoms with Crippen LogP contribution >= 0.6 is 0 Å². The first-order chi connectivity index (χ1) is 9.18. The van der Waals surface area contributed by atoms with Crippen LogP contribution in [-0.2, 0) is 11.3 Å². The summed E-state index contributed by atoms with van der Waals surface area (Å²) in [6.07, 6.45) is 3.43. The highest BCUT2D eigenvalue weighted by Gasteiger charge is 2.19. The number of likely N-dealkylation sites (N-methyl/N-ethyl adjacent to an activating group) is 1. The van der Waals surface area contributed by atoms with Crippen LogP contribution in [-0.4, -0.2) is 22.8 Å². The van der Waals surface area contributed by atoms with Gasteiger partial charge in [-0.05, 0) is 23.3 Å². The summed E-state index contributed by atoms with van der Waals surface area (Å²) in [6, 6.07) is 12.5. The number of carbonyl (C=O) groups excluding carboxylic acids is 1. The van der Waals surface area contributed by atoms with Gasteiger partial charge >= 0.3 is 0 Å². The first kappa shape index (κ1) is 13.2. The van der Waals surface area contributed by atoms with E-state index in [0.29, 0.717) is 6.54 Å². The Balaban J connectivity index is 2.03. The summed E-state index contributed by atoms with van der Waals surface area (Å²) in [7, 11) is 1.76. The van der Waals surface area contributed by atoms with E-state index < -0.39 is 6.04 Å². The lowest BCUT2D eigenvalue weighted by Gasteiger charge is -2.21. The lowest BCUT2D eigenvalue weighted by atomic mass is 10.1. The molecule has 1 aromatic carbocycles. The largest absolute Gasteiger partial charge is 0.340 e. The Morgan fingerprint density at radius 3 is 2.47 bits per heavy atom. The molecular weight excluding hydrogens is 238 g/mol. The van der Waals surface area contributed by atoms with Gasteiger partial charge in [-0.25, -0.2) is 0 Å². The molecule has 0 saturated carbocycles. The molecule has 0 aliphatic rings. The van der Waals surface area contributed by atoms with Crippen LogP contribution in [0.3, 0.4) is 0 Å². The Hall–Kier alpha value is -2.20. The standard InChI is InChI=1S/C15H17N3O/c1-18(11-12-7-9-17-10-8-12)15(19)14(16)13-5-3-2-4-6-13/h2-10,14H,11,16H2,1H3/t14-/m1/s1. The molecule has 4 nitrogen and oxygen atoms in total. The smallest absolute Gasteiger partial charge is 0.244 e. The molecule has 1 atom stereocenters. The number of amides is 1. The third-order valence-electron chi connectivity index (χ3n) is 2.97. The van der Waals surface area contributed by atoms with Crippen molar-refractivity contribution >= 4 is 5.91 Å². The van der Waals surface area contributed by atoms with Gasteiger partial charge in [0.2, 0.25) is 5.91 Å². The minimum atomic E-state index is -0.618. The van der Waals surface area contributed by atoms with E-state index in [2.05, 4.69) is 4.98 Å². The van der Waals surface area contributed by atoms with E-state index in [4.69, 9.17) is 5.73 Å². The molecule has 0 aliphatic carbocycles. The number of pyridine rings is 1. The number of aromatic nitrogens is 1. The van der Waals surface area contributed by atoms with Crippen molar-refractivity contribution in [2.75, 3.05) is 7.05 Å². The van der Waals surface area contributed by atoms with Crippen LogP contribution in [0.15, 0.2) is 54.9 Å². The molecule has 0 fully saturated rings. The number of nitrogens with zero attached hydrogens (tertiary/aromatic N) is 2. The highest BCUT2D eigenvalue weighted by Crippen LogP contribution is 2.13. The minimum absolute atomic E-state index is 0.0944. The van der Waals surface area contributed by atoms with E-state index in [9.17, 15) is 4.79 Å². The van der Waals surface area contributed by atoms with E-state index >= 15 is 0 Å². The molecule has 0 spiro atoms. The maximum absolute atomic E-state index is 12.2. The summed E-state index contributed by atoms with van der Waals surface area (Å²) in [5.41, 5.74) is 7.85. The second-order valence-electron chi connectivity index (χ2n) is 4.44. The molecule has 4 heteroatoms. The normalized spacial score (nSPS) is 11.9. The van der Waals surface area contributed by atoms with Crippen molar-refractivity contribution < 1.29 is 4.79 Å². The fourth-order valence-electron chi connectivity index (χ4n) is 1.88. The summed E-state index contributed by atoms with van der Waals surface area (Å²) < 4.78 is 0. The highest BCUT2D eigenvalue weighted by atomic mass is 16.2. The Labute approximate surface area is 112 Å². The number of rotatable bonds is 4. The van der Waals surface area contributed by atoms with Gasteiger partial charge in [0.15, 0.2) is 0 Å². The quantitative estimate of drug-likeness (QED) is 0.905. The second kappa shape index (κ2) is 6.11. The number of nitrogens with two attached hydrogens (primary N) is 1. The number of hydrogen-bond donors (Lipinski definition) is 1. The van der Waals surface area contributed by atoms with Gasteiger partial charge in [0.25, 0.3) is 0 Å². The van der Waals surface area contributed by atoms with E-state index in [1.165, 1.54) is 0 Å².